The van der Waals surface area contributed by atoms with Crippen LogP contribution >= 0.6 is 0 Å². The van der Waals surface area contributed by atoms with Crippen molar-refractivity contribution in [3.05, 3.63) is 12.4 Å². The summed E-state index contributed by atoms with van der Waals surface area (Å²) >= 11 is 0. The van der Waals surface area contributed by atoms with E-state index in [4.69, 9.17) is 10.5 Å². The zero-order valence-electron chi connectivity index (χ0n) is 9.93. The van der Waals surface area contributed by atoms with E-state index in [1.807, 2.05) is 0 Å². The summed E-state index contributed by atoms with van der Waals surface area (Å²) in [7, 11) is 1.70. The second-order valence-corrected chi connectivity index (χ2v) is 4.44. The van der Waals surface area contributed by atoms with E-state index in [9.17, 15) is 4.79 Å². The number of primary amides is 1. The molecule has 3 N–H and O–H groups in total. The lowest BCUT2D eigenvalue weighted by atomic mass is 10.2. The molecule has 94 valence electrons. The van der Waals surface area contributed by atoms with E-state index in [1.54, 1.807) is 19.5 Å². The number of carbonyl (C=O) groups is 1. The molecule has 0 saturated heterocycles. The quantitative estimate of drug-likeness (QED) is 0.711. The van der Waals surface area contributed by atoms with Crippen molar-refractivity contribution in [1.82, 2.24) is 9.78 Å². The Bertz CT molecular complexity index is 387. The summed E-state index contributed by atoms with van der Waals surface area (Å²) in [5.41, 5.74) is 6.00. The van der Waals surface area contributed by atoms with Crippen LogP contribution < -0.4 is 11.1 Å². The molecule has 0 bridgehead atoms. The third-order valence-electron chi connectivity index (χ3n) is 2.84. The van der Waals surface area contributed by atoms with Gasteiger partial charge in [-0.15, -0.1) is 0 Å². The van der Waals surface area contributed by atoms with Gasteiger partial charge >= 0.3 is 0 Å². The van der Waals surface area contributed by atoms with Gasteiger partial charge in [-0.3, -0.25) is 9.48 Å². The number of methoxy groups -OCH3 is 1. The van der Waals surface area contributed by atoms with Gasteiger partial charge in [0.15, 0.2) is 0 Å². The molecule has 1 aromatic heterocycles. The van der Waals surface area contributed by atoms with Crippen molar-refractivity contribution in [1.29, 1.82) is 0 Å². The molecule has 1 aliphatic carbocycles. The van der Waals surface area contributed by atoms with Crippen LogP contribution in [0, 0.1) is 5.92 Å². The summed E-state index contributed by atoms with van der Waals surface area (Å²) in [6.07, 6.45) is 5.98. The van der Waals surface area contributed by atoms with Crippen molar-refractivity contribution >= 4 is 11.6 Å². The van der Waals surface area contributed by atoms with Gasteiger partial charge in [-0.2, -0.15) is 5.10 Å². The van der Waals surface area contributed by atoms with Crippen molar-refractivity contribution in [2.45, 2.75) is 25.4 Å². The smallest absolute Gasteiger partial charge is 0.239 e. The van der Waals surface area contributed by atoms with Gasteiger partial charge in [0.05, 0.1) is 24.5 Å². The van der Waals surface area contributed by atoms with Gasteiger partial charge in [-0.25, -0.2) is 0 Å². The first-order chi connectivity index (χ1) is 8.19. The molecule has 1 aliphatic rings. The Balaban J connectivity index is 1.92. The van der Waals surface area contributed by atoms with Crippen molar-refractivity contribution in [2.75, 3.05) is 19.0 Å². The zero-order chi connectivity index (χ0) is 12.3. The Labute approximate surface area is 100 Å². The Morgan fingerprint density at radius 3 is 3.12 bits per heavy atom. The number of nitrogens with zero attached hydrogens (tertiary/aromatic N) is 2. The normalized spacial score (nSPS) is 16.8. The van der Waals surface area contributed by atoms with E-state index in [0.717, 1.165) is 5.69 Å². The molecule has 17 heavy (non-hydrogen) atoms. The molecule has 1 saturated carbocycles. The molecule has 6 nitrogen and oxygen atoms in total. The standard InChI is InChI=1S/C11H18N4O2/c1-17-7-10(8-2-3-8)14-9-4-13-15(5-9)6-11(12)16/h4-5,8,10,14H,2-3,6-7H2,1H3,(H2,12,16). The van der Waals surface area contributed by atoms with Crippen molar-refractivity contribution < 1.29 is 9.53 Å². The van der Waals surface area contributed by atoms with E-state index in [2.05, 4.69) is 10.4 Å². The van der Waals surface area contributed by atoms with Gasteiger partial charge in [-0.05, 0) is 18.8 Å². The number of rotatable bonds is 7. The van der Waals surface area contributed by atoms with Gasteiger partial charge in [-0.1, -0.05) is 0 Å². The predicted octanol–water partition coefficient (Wildman–Crippen LogP) is 0.205. The second kappa shape index (κ2) is 5.18. The first-order valence-electron chi connectivity index (χ1n) is 5.75. The van der Waals surface area contributed by atoms with Crippen LogP contribution in [0.15, 0.2) is 12.4 Å². The van der Waals surface area contributed by atoms with Crippen LogP contribution in [-0.4, -0.2) is 35.4 Å². The molecule has 0 aliphatic heterocycles. The third-order valence-corrected chi connectivity index (χ3v) is 2.84. The summed E-state index contributed by atoms with van der Waals surface area (Å²) in [6, 6.07) is 0.325. The predicted molar refractivity (Wildman–Crippen MR) is 63.4 cm³/mol. The molecule has 0 radical (unpaired) electrons. The lowest BCUT2D eigenvalue weighted by molar-refractivity contribution is -0.118. The molecular formula is C11H18N4O2. The van der Waals surface area contributed by atoms with E-state index in [-0.39, 0.29) is 6.54 Å². The molecule has 0 spiro atoms. The lowest BCUT2D eigenvalue weighted by Gasteiger charge is -2.16. The summed E-state index contributed by atoms with van der Waals surface area (Å²) in [6.45, 7) is 0.797. The monoisotopic (exact) mass is 238 g/mol. The summed E-state index contributed by atoms with van der Waals surface area (Å²) in [5.74, 6) is 0.296. The van der Waals surface area contributed by atoms with E-state index in [1.165, 1.54) is 17.5 Å². The molecular weight excluding hydrogens is 220 g/mol. The molecule has 1 unspecified atom stereocenters. The van der Waals surface area contributed by atoms with Crippen LogP contribution in [0.2, 0.25) is 0 Å². The second-order valence-electron chi connectivity index (χ2n) is 4.44. The van der Waals surface area contributed by atoms with Crippen LogP contribution in [0.5, 0.6) is 0 Å². The minimum Gasteiger partial charge on any atom is -0.383 e. The van der Waals surface area contributed by atoms with Crippen molar-refractivity contribution in [2.24, 2.45) is 11.7 Å². The number of ether oxygens (including phenoxy) is 1. The van der Waals surface area contributed by atoms with Gasteiger partial charge in [0, 0.05) is 13.3 Å². The van der Waals surface area contributed by atoms with Gasteiger partial charge in [0.1, 0.15) is 6.54 Å². The number of carbonyl (C=O) groups excluding carboxylic acids is 1. The van der Waals surface area contributed by atoms with E-state index < -0.39 is 5.91 Å². The largest absolute Gasteiger partial charge is 0.383 e. The van der Waals surface area contributed by atoms with Gasteiger partial charge in [0.2, 0.25) is 5.91 Å². The highest BCUT2D eigenvalue weighted by atomic mass is 16.5. The number of nitrogens with two attached hydrogens (primary N) is 1. The Hall–Kier alpha value is -1.56. The number of hydrogen-bond acceptors (Lipinski definition) is 4. The third kappa shape index (κ3) is 3.45. The number of amides is 1. The summed E-state index contributed by atoms with van der Waals surface area (Å²) in [4.78, 5) is 10.7. The topological polar surface area (TPSA) is 82.2 Å². The molecule has 1 amide bonds. The van der Waals surface area contributed by atoms with Crippen LogP contribution in [-0.2, 0) is 16.1 Å². The maximum absolute atomic E-state index is 10.7. The Morgan fingerprint density at radius 1 is 1.76 bits per heavy atom. The average molecular weight is 238 g/mol. The molecule has 2 rings (SSSR count). The maximum Gasteiger partial charge on any atom is 0.239 e. The van der Waals surface area contributed by atoms with Crippen LogP contribution in [0.1, 0.15) is 12.8 Å². The lowest BCUT2D eigenvalue weighted by Crippen LogP contribution is -2.26. The van der Waals surface area contributed by atoms with Crippen LogP contribution in [0.4, 0.5) is 5.69 Å². The van der Waals surface area contributed by atoms with Gasteiger partial charge in [0.25, 0.3) is 0 Å². The number of aromatic nitrogens is 2. The fourth-order valence-corrected chi connectivity index (χ4v) is 1.87. The number of hydrogen-bond donors (Lipinski definition) is 2. The van der Waals surface area contributed by atoms with E-state index in [0.29, 0.717) is 18.6 Å². The molecule has 1 heterocycles. The highest BCUT2D eigenvalue weighted by Gasteiger charge is 2.31. The van der Waals surface area contributed by atoms with Crippen molar-refractivity contribution in [3.8, 4) is 0 Å². The van der Waals surface area contributed by atoms with Crippen molar-refractivity contribution in [3.63, 3.8) is 0 Å². The molecule has 1 atom stereocenters. The number of anilines is 1. The SMILES string of the molecule is COCC(Nc1cnn(CC(N)=O)c1)C1CC1. The first kappa shape index (κ1) is 11.9. The molecule has 6 heteroatoms. The summed E-state index contributed by atoms with van der Waals surface area (Å²) < 4.78 is 6.71. The Kier molecular flexibility index (Phi) is 3.63. The molecule has 1 aromatic rings. The molecule has 0 aromatic carbocycles. The highest BCUT2D eigenvalue weighted by molar-refractivity contribution is 5.73. The number of nitrogens with one attached hydrogen (secondary N) is 1. The fourth-order valence-electron chi connectivity index (χ4n) is 1.87. The molecule has 1 fully saturated rings. The van der Waals surface area contributed by atoms with E-state index >= 15 is 0 Å². The van der Waals surface area contributed by atoms with Crippen LogP contribution in [0.25, 0.3) is 0 Å². The maximum atomic E-state index is 10.7. The minimum absolute atomic E-state index is 0.111. The first-order valence-corrected chi connectivity index (χ1v) is 5.75. The van der Waals surface area contributed by atoms with Crippen LogP contribution in [0.3, 0.4) is 0 Å². The highest BCUT2D eigenvalue weighted by Crippen LogP contribution is 2.34. The zero-order valence-corrected chi connectivity index (χ0v) is 9.93. The van der Waals surface area contributed by atoms with Gasteiger partial charge < -0.3 is 15.8 Å². The minimum atomic E-state index is -0.393. The average Bonchev–Trinajstić information content (AvgIpc) is 3.01. The Morgan fingerprint density at radius 2 is 2.53 bits per heavy atom. The fraction of sp³-hybridized carbons (Fsp3) is 0.636. The summed E-state index contributed by atoms with van der Waals surface area (Å²) in [5, 5.41) is 7.44.